The summed E-state index contributed by atoms with van der Waals surface area (Å²) >= 11 is 0. The molecule has 0 radical (unpaired) electrons. The molecule has 1 aromatic rings. The molecule has 0 spiro atoms. The molecular formula is C24H31NO5. The SMILES string of the molecule is C[C@H](OC(=O)[C@@H](C)NC(=O)COc1ccccc1)C(=O)C12CC3CC(CC(C3)C1)C2. The molecule has 0 unspecified atom stereocenters. The van der Waals surface area contributed by atoms with E-state index in [-0.39, 0.29) is 17.8 Å². The van der Waals surface area contributed by atoms with Crippen molar-refractivity contribution in [2.75, 3.05) is 6.61 Å². The van der Waals surface area contributed by atoms with Gasteiger partial charge in [-0.25, -0.2) is 4.79 Å². The first-order chi connectivity index (χ1) is 14.3. The zero-order chi connectivity index (χ0) is 21.3. The predicted molar refractivity (Wildman–Crippen MR) is 111 cm³/mol. The number of carbonyl (C=O) groups is 3. The third-order valence-electron chi connectivity index (χ3n) is 7.07. The fourth-order valence-corrected chi connectivity index (χ4v) is 6.18. The summed E-state index contributed by atoms with van der Waals surface area (Å²) in [6.07, 6.45) is 5.83. The minimum Gasteiger partial charge on any atom is -0.484 e. The molecule has 1 amide bonds. The highest BCUT2D eigenvalue weighted by Gasteiger charge is 2.55. The van der Waals surface area contributed by atoms with Gasteiger partial charge >= 0.3 is 5.97 Å². The number of hydrogen-bond acceptors (Lipinski definition) is 5. The Morgan fingerprint density at radius 1 is 1.00 bits per heavy atom. The van der Waals surface area contributed by atoms with Gasteiger partial charge in [-0.3, -0.25) is 9.59 Å². The lowest BCUT2D eigenvalue weighted by Crippen LogP contribution is -2.53. The Hall–Kier alpha value is -2.37. The molecule has 1 N–H and O–H groups in total. The van der Waals surface area contributed by atoms with Crippen LogP contribution in [-0.4, -0.2) is 36.4 Å². The quantitative estimate of drug-likeness (QED) is 0.662. The van der Waals surface area contributed by atoms with Crippen molar-refractivity contribution in [3.8, 4) is 5.75 Å². The van der Waals surface area contributed by atoms with Crippen molar-refractivity contribution in [2.24, 2.45) is 23.2 Å². The first-order valence-corrected chi connectivity index (χ1v) is 11.1. The summed E-state index contributed by atoms with van der Waals surface area (Å²) in [5.41, 5.74) is -0.301. The zero-order valence-electron chi connectivity index (χ0n) is 17.8. The van der Waals surface area contributed by atoms with Gasteiger partial charge in [-0.05, 0) is 82.3 Å². The van der Waals surface area contributed by atoms with Crippen LogP contribution in [0.5, 0.6) is 5.75 Å². The molecular weight excluding hydrogens is 382 g/mol. The molecule has 1 aromatic carbocycles. The number of para-hydroxylation sites is 1. The molecule has 162 valence electrons. The molecule has 30 heavy (non-hydrogen) atoms. The van der Waals surface area contributed by atoms with E-state index in [1.807, 2.05) is 18.2 Å². The third-order valence-corrected chi connectivity index (χ3v) is 7.07. The number of ketones is 1. The van der Waals surface area contributed by atoms with Crippen LogP contribution in [0, 0.1) is 23.2 Å². The van der Waals surface area contributed by atoms with E-state index in [1.165, 1.54) is 19.3 Å². The largest absolute Gasteiger partial charge is 0.484 e. The number of rotatable bonds is 8. The van der Waals surface area contributed by atoms with E-state index in [2.05, 4.69) is 5.32 Å². The van der Waals surface area contributed by atoms with Gasteiger partial charge in [0.25, 0.3) is 5.91 Å². The van der Waals surface area contributed by atoms with E-state index in [4.69, 9.17) is 9.47 Å². The van der Waals surface area contributed by atoms with Crippen LogP contribution in [0.2, 0.25) is 0 Å². The molecule has 4 fully saturated rings. The number of Topliss-reactive ketones (excluding diaryl/α,β-unsaturated/α-hetero) is 1. The Morgan fingerprint density at radius 2 is 1.57 bits per heavy atom. The Bertz CT molecular complexity index is 770. The highest BCUT2D eigenvalue weighted by atomic mass is 16.5. The maximum atomic E-state index is 13.3. The molecule has 6 heteroatoms. The average molecular weight is 414 g/mol. The van der Waals surface area contributed by atoms with Crippen molar-refractivity contribution in [1.82, 2.24) is 5.32 Å². The van der Waals surface area contributed by atoms with E-state index in [1.54, 1.807) is 26.0 Å². The van der Waals surface area contributed by atoms with Gasteiger partial charge in [0.15, 0.2) is 18.5 Å². The summed E-state index contributed by atoms with van der Waals surface area (Å²) in [6, 6.07) is 8.15. The summed E-state index contributed by atoms with van der Waals surface area (Å²) < 4.78 is 10.9. The normalized spacial score (nSPS) is 30.9. The van der Waals surface area contributed by atoms with Crippen molar-refractivity contribution in [2.45, 2.75) is 64.5 Å². The first-order valence-electron chi connectivity index (χ1n) is 11.1. The second-order valence-electron chi connectivity index (χ2n) is 9.53. The van der Waals surface area contributed by atoms with Crippen LogP contribution >= 0.6 is 0 Å². The van der Waals surface area contributed by atoms with Gasteiger partial charge in [0.05, 0.1) is 0 Å². The molecule has 4 aliphatic carbocycles. The van der Waals surface area contributed by atoms with Crippen LogP contribution in [-0.2, 0) is 19.1 Å². The number of benzene rings is 1. The number of nitrogens with one attached hydrogen (secondary N) is 1. The average Bonchev–Trinajstić information content (AvgIpc) is 2.71. The van der Waals surface area contributed by atoms with Crippen molar-refractivity contribution < 1.29 is 23.9 Å². The molecule has 2 atom stereocenters. The summed E-state index contributed by atoms with van der Waals surface area (Å²) in [5, 5.41) is 2.58. The van der Waals surface area contributed by atoms with Gasteiger partial charge < -0.3 is 14.8 Å². The number of hydrogen-bond donors (Lipinski definition) is 1. The topological polar surface area (TPSA) is 81.7 Å². The number of carbonyl (C=O) groups excluding carboxylic acids is 3. The minimum absolute atomic E-state index is 0.0703. The molecule has 4 aliphatic rings. The second kappa shape index (κ2) is 8.40. The third kappa shape index (κ3) is 4.37. The van der Waals surface area contributed by atoms with E-state index in [0.29, 0.717) is 23.5 Å². The van der Waals surface area contributed by atoms with Crippen LogP contribution in [0.3, 0.4) is 0 Å². The molecule has 0 heterocycles. The fraction of sp³-hybridized carbons (Fsp3) is 0.625. The van der Waals surface area contributed by atoms with Gasteiger partial charge in [0.2, 0.25) is 0 Å². The van der Waals surface area contributed by atoms with Crippen molar-refractivity contribution in [3.05, 3.63) is 30.3 Å². The highest BCUT2D eigenvalue weighted by molar-refractivity contribution is 5.92. The van der Waals surface area contributed by atoms with Crippen LogP contribution in [0.4, 0.5) is 0 Å². The van der Waals surface area contributed by atoms with Crippen molar-refractivity contribution >= 4 is 17.7 Å². The Morgan fingerprint density at radius 3 is 2.13 bits per heavy atom. The van der Waals surface area contributed by atoms with E-state index in [9.17, 15) is 14.4 Å². The maximum Gasteiger partial charge on any atom is 0.329 e. The molecule has 4 bridgehead atoms. The number of ether oxygens (including phenoxy) is 2. The van der Waals surface area contributed by atoms with Gasteiger partial charge in [0, 0.05) is 5.41 Å². The molecule has 0 saturated heterocycles. The molecule has 0 aliphatic heterocycles. The summed E-state index contributed by atoms with van der Waals surface area (Å²) in [6.45, 7) is 3.04. The molecule has 6 nitrogen and oxygen atoms in total. The van der Waals surface area contributed by atoms with Crippen LogP contribution in [0.25, 0.3) is 0 Å². The lowest BCUT2D eigenvalue weighted by molar-refractivity contribution is -0.166. The van der Waals surface area contributed by atoms with Crippen LogP contribution < -0.4 is 10.1 Å². The van der Waals surface area contributed by atoms with E-state index in [0.717, 1.165) is 19.3 Å². The lowest BCUT2D eigenvalue weighted by atomic mass is 9.48. The second-order valence-corrected chi connectivity index (χ2v) is 9.53. The van der Waals surface area contributed by atoms with E-state index >= 15 is 0 Å². The van der Waals surface area contributed by atoms with Crippen molar-refractivity contribution in [1.29, 1.82) is 0 Å². The predicted octanol–water partition coefficient (Wildman–Crippen LogP) is 3.29. The van der Waals surface area contributed by atoms with Crippen LogP contribution in [0.15, 0.2) is 30.3 Å². The van der Waals surface area contributed by atoms with Crippen molar-refractivity contribution in [3.63, 3.8) is 0 Å². The van der Waals surface area contributed by atoms with Gasteiger partial charge in [0.1, 0.15) is 11.8 Å². The summed E-state index contributed by atoms with van der Waals surface area (Å²) in [7, 11) is 0. The summed E-state index contributed by atoms with van der Waals surface area (Å²) in [4.78, 5) is 37.8. The standard InChI is InChI=1S/C24H31NO5/c1-15(25-21(26)14-29-20-6-4-3-5-7-20)23(28)30-16(2)22(27)24-11-17-8-18(12-24)10-19(9-17)13-24/h3-7,15-19H,8-14H2,1-2H3,(H,25,26)/t15-,16+,17?,18?,19?,24?/m1/s1. The molecule has 5 rings (SSSR count). The summed E-state index contributed by atoms with van der Waals surface area (Å²) in [5.74, 6) is 1.62. The minimum atomic E-state index is -0.844. The lowest BCUT2D eigenvalue weighted by Gasteiger charge is -2.56. The monoisotopic (exact) mass is 413 g/mol. The molecule has 0 aromatic heterocycles. The fourth-order valence-electron chi connectivity index (χ4n) is 6.18. The van der Waals surface area contributed by atoms with Gasteiger partial charge in [-0.15, -0.1) is 0 Å². The van der Waals surface area contributed by atoms with Crippen LogP contribution in [0.1, 0.15) is 52.4 Å². The Labute approximate surface area is 177 Å². The number of esters is 1. The van der Waals surface area contributed by atoms with E-state index < -0.39 is 24.0 Å². The Balaban J connectivity index is 1.26. The van der Waals surface area contributed by atoms with Gasteiger partial charge in [-0.1, -0.05) is 18.2 Å². The first kappa shape index (κ1) is 20.9. The zero-order valence-corrected chi connectivity index (χ0v) is 17.8. The maximum absolute atomic E-state index is 13.3. The molecule has 4 saturated carbocycles. The number of amides is 1. The Kier molecular flexibility index (Phi) is 5.85. The van der Waals surface area contributed by atoms with Gasteiger partial charge in [-0.2, -0.15) is 0 Å². The highest BCUT2D eigenvalue weighted by Crippen LogP contribution is 2.60. The smallest absolute Gasteiger partial charge is 0.329 e.